The molecule has 1 N–H and O–H groups in total. The number of rotatable bonds is 8. The van der Waals surface area contributed by atoms with Gasteiger partial charge in [-0.1, -0.05) is 71.9 Å². The van der Waals surface area contributed by atoms with Crippen molar-refractivity contribution in [1.82, 2.24) is 20.2 Å². The van der Waals surface area contributed by atoms with E-state index in [0.717, 1.165) is 22.6 Å². The summed E-state index contributed by atoms with van der Waals surface area (Å²) in [5.74, 6) is 0.689. The molecule has 166 valence electrons. The maximum absolute atomic E-state index is 12.4. The number of hydrazone groups is 1. The molecule has 0 bridgehead atoms. The summed E-state index contributed by atoms with van der Waals surface area (Å²) in [5.41, 5.74) is 6.58. The Morgan fingerprint density at radius 2 is 1.73 bits per heavy atom. The van der Waals surface area contributed by atoms with Gasteiger partial charge in [0.2, 0.25) is 0 Å². The average Bonchev–Trinajstić information content (AvgIpc) is 3.28. The van der Waals surface area contributed by atoms with Crippen LogP contribution in [-0.4, -0.2) is 38.9 Å². The molecule has 0 aliphatic heterocycles. The topological polar surface area (TPSA) is 72.2 Å². The predicted octanol–water partition coefficient (Wildman–Crippen LogP) is 5.21. The summed E-state index contributed by atoms with van der Waals surface area (Å²) < 4.78 is 1.97. The van der Waals surface area contributed by atoms with Gasteiger partial charge in [0.25, 0.3) is 5.91 Å². The molecule has 0 atom stereocenters. The number of amides is 1. The molecule has 0 aliphatic carbocycles. The first-order valence-electron chi connectivity index (χ1n) is 10.3. The molecule has 1 heterocycles. The molecule has 3 aromatic carbocycles. The van der Waals surface area contributed by atoms with E-state index in [4.69, 9.17) is 0 Å². The first-order valence-corrected chi connectivity index (χ1v) is 12.5. The second-order valence-electron chi connectivity index (χ2n) is 7.20. The summed E-state index contributed by atoms with van der Waals surface area (Å²) >= 11 is 3.00. The molecular formula is C25H23N5OS2. The van der Waals surface area contributed by atoms with E-state index >= 15 is 0 Å². The zero-order valence-electron chi connectivity index (χ0n) is 18.3. The molecule has 8 heteroatoms. The minimum Gasteiger partial charge on any atom is -0.272 e. The van der Waals surface area contributed by atoms with Crippen LogP contribution in [0.3, 0.4) is 0 Å². The van der Waals surface area contributed by atoms with Crippen LogP contribution >= 0.6 is 23.5 Å². The van der Waals surface area contributed by atoms with Crippen LogP contribution in [0.4, 0.5) is 0 Å². The highest BCUT2D eigenvalue weighted by atomic mass is 32.2. The fraction of sp³-hybridized carbons (Fsp3) is 0.120. The zero-order valence-corrected chi connectivity index (χ0v) is 19.9. The summed E-state index contributed by atoms with van der Waals surface area (Å²) in [4.78, 5) is 13.5. The molecule has 0 aliphatic rings. The number of carbonyl (C=O) groups excluding carboxylic acids is 1. The summed E-state index contributed by atoms with van der Waals surface area (Å²) in [6, 6.07) is 26.0. The molecule has 0 radical (unpaired) electrons. The zero-order chi connectivity index (χ0) is 23.0. The first-order chi connectivity index (χ1) is 16.1. The van der Waals surface area contributed by atoms with Gasteiger partial charge < -0.3 is 0 Å². The number of thioether (sulfide) groups is 2. The van der Waals surface area contributed by atoms with Crippen molar-refractivity contribution >= 4 is 35.6 Å². The van der Waals surface area contributed by atoms with Crippen LogP contribution in [0.2, 0.25) is 0 Å². The Morgan fingerprint density at radius 1 is 1.00 bits per heavy atom. The largest absolute Gasteiger partial charge is 0.272 e. The molecule has 0 saturated carbocycles. The van der Waals surface area contributed by atoms with Gasteiger partial charge >= 0.3 is 0 Å². The molecule has 4 rings (SSSR count). The monoisotopic (exact) mass is 473 g/mol. The van der Waals surface area contributed by atoms with Crippen LogP contribution in [0, 0.1) is 6.92 Å². The Balaban J connectivity index is 1.46. The van der Waals surface area contributed by atoms with Crippen LogP contribution < -0.4 is 5.43 Å². The van der Waals surface area contributed by atoms with E-state index in [1.807, 2.05) is 96.6 Å². The van der Waals surface area contributed by atoms with E-state index in [1.165, 1.54) is 22.2 Å². The normalized spacial score (nSPS) is 11.1. The average molecular weight is 474 g/mol. The third kappa shape index (κ3) is 5.91. The van der Waals surface area contributed by atoms with Gasteiger partial charge in [0.15, 0.2) is 11.0 Å². The fourth-order valence-corrected chi connectivity index (χ4v) is 4.25. The summed E-state index contributed by atoms with van der Waals surface area (Å²) in [6.45, 7) is 2.05. The molecule has 0 spiro atoms. The quantitative estimate of drug-likeness (QED) is 0.216. The van der Waals surface area contributed by atoms with Gasteiger partial charge in [-0.2, -0.15) is 5.10 Å². The van der Waals surface area contributed by atoms with Gasteiger partial charge in [0.1, 0.15) is 0 Å². The van der Waals surface area contributed by atoms with Crippen LogP contribution in [0.1, 0.15) is 11.1 Å². The number of nitrogens with one attached hydrogen (secondary N) is 1. The SMILES string of the molecule is CSc1ccc(/C=N\NC(=O)CSc2nnc(-c3ccc(C)cc3)n2-c2ccccc2)cc1. The Bertz CT molecular complexity index is 1240. The Labute approximate surface area is 201 Å². The van der Waals surface area contributed by atoms with Crippen molar-refractivity contribution < 1.29 is 4.79 Å². The Hall–Kier alpha value is -3.36. The van der Waals surface area contributed by atoms with Crippen molar-refractivity contribution in [2.45, 2.75) is 17.0 Å². The van der Waals surface area contributed by atoms with Gasteiger partial charge in [-0.3, -0.25) is 9.36 Å². The van der Waals surface area contributed by atoms with Crippen LogP contribution in [0.25, 0.3) is 17.1 Å². The number of benzene rings is 3. The minimum atomic E-state index is -0.212. The molecule has 4 aromatic rings. The number of para-hydroxylation sites is 1. The highest BCUT2D eigenvalue weighted by Crippen LogP contribution is 2.28. The van der Waals surface area contributed by atoms with E-state index in [2.05, 4.69) is 20.7 Å². The minimum absolute atomic E-state index is 0.168. The second-order valence-corrected chi connectivity index (χ2v) is 9.02. The van der Waals surface area contributed by atoms with Crippen molar-refractivity contribution in [3.8, 4) is 17.1 Å². The van der Waals surface area contributed by atoms with E-state index in [0.29, 0.717) is 5.16 Å². The van der Waals surface area contributed by atoms with Crippen molar-refractivity contribution in [3.63, 3.8) is 0 Å². The van der Waals surface area contributed by atoms with Gasteiger partial charge in [-0.05, 0) is 43.0 Å². The smallest absolute Gasteiger partial charge is 0.250 e. The second kappa shape index (κ2) is 11.0. The van der Waals surface area contributed by atoms with E-state index < -0.39 is 0 Å². The van der Waals surface area contributed by atoms with Crippen LogP contribution in [0.5, 0.6) is 0 Å². The number of hydrogen-bond acceptors (Lipinski definition) is 6. The molecule has 0 saturated heterocycles. The van der Waals surface area contributed by atoms with E-state index in [9.17, 15) is 4.79 Å². The highest BCUT2D eigenvalue weighted by Gasteiger charge is 2.17. The number of carbonyl (C=O) groups is 1. The molecule has 6 nitrogen and oxygen atoms in total. The van der Waals surface area contributed by atoms with Gasteiger partial charge in [0.05, 0.1) is 12.0 Å². The van der Waals surface area contributed by atoms with Gasteiger partial charge in [-0.15, -0.1) is 22.0 Å². The van der Waals surface area contributed by atoms with Crippen molar-refractivity contribution in [3.05, 3.63) is 90.0 Å². The molecule has 1 aromatic heterocycles. The van der Waals surface area contributed by atoms with Crippen molar-refractivity contribution in [2.24, 2.45) is 5.10 Å². The fourth-order valence-electron chi connectivity index (χ4n) is 3.09. The molecule has 0 fully saturated rings. The first kappa shape index (κ1) is 22.8. The van der Waals surface area contributed by atoms with Gasteiger partial charge in [-0.25, -0.2) is 5.43 Å². The molecule has 0 unspecified atom stereocenters. The molecular weight excluding hydrogens is 450 g/mol. The molecule has 33 heavy (non-hydrogen) atoms. The lowest BCUT2D eigenvalue weighted by atomic mass is 10.1. The van der Waals surface area contributed by atoms with E-state index in [-0.39, 0.29) is 11.7 Å². The lowest BCUT2D eigenvalue weighted by Gasteiger charge is -2.10. The van der Waals surface area contributed by atoms with Crippen LogP contribution in [-0.2, 0) is 4.79 Å². The predicted molar refractivity (Wildman–Crippen MR) is 136 cm³/mol. The summed E-state index contributed by atoms with van der Waals surface area (Å²) in [5, 5.41) is 13.5. The third-order valence-corrected chi connectivity index (χ3v) is 6.48. The van der Waals surface area contributed by atoms with Gasteiger partial charge in [0, 0.05) is 16.1 Å². The Kier molecular flexibility index (Phi) is 7.59. The summed E-state index contributed by atoms with van der Waals surface area (Å²) in [7, 11) is 0. The maximum atomic E-state index is 12.4. The lowest BCUT2D eigenvalue weighted by Crippen LogP contribution is -2.20. The number of aryl methyl sites for hydroxylation is 1. The summed E-state index contributed by atoms with van der Waals surface area (Å²) in [6.07, 6.45) is 3.66. The van der Waals surface area contributed by atoms with E-state index in [1.54, 1.807) is 18.0 Å². The third-order valence-electron chi connectivity index (χ3n) is 4.81. The van der Waals surface area contributed by atoms with Crippen molar-refractivity contribution in [2.75, 3.05) is 12.0 Å². The lowest BCUT2D eigenvalue weighted by molar-refractivity contribution is -0.118. The van der Waals surface area contributed by atoms with Crippen molar-refractivity contribution in [1.29, 1.82) is 0 Å². The van der Waals surface area contributed by atoms with Crippen LogP contribution in [0.15, 0.2) is 94.0 Å². The maximum Gasteiger partial charge on any atom is 0.250 e. The number of hydrogen-bond donors (Lipinski definition) is 1. The number of aromatic nitrogens is 3. The molecule has 1 amide bonds. The Morgan fingerprint density at radius 3 is 2.42 bits per heavy atom. The number of nitrogens with zero attached hydrogens (tertiary/aromatic N) is 4. The highest BCUT2D eigenvalue weighted by molar-refractivity contribution is 7.99. The standard InChI is InChI=1S/C25H23N5OS2/c1-18-8-12-20(13-9-18)24-28-29-25(30(24)21-6-4-3-5-7-21)33-17-23(31)27-26-16-19-10-14-22(32-2)15-11-19/h3-16H,17H2,1-2H3,(H,27,31)/b26-16-.